The summed E-state index contributed by atoms with van der Waals surface area (Å²) in [6, 6.07) is 62.1. The maximum Gasteiger partial charge on any atom is 0.164 e. The molecule has 308 valence electrons. The Kier molecular flexibility index (Phi) is 10.1. The van der Waals surface area contributed by atoms with Crippen molar-refractivity contribution in [2.75, 3.05) is 0 Å². The van der Waals surface area contributed by atoms with Gasteiger partial charge in [-0.05, 0) is 87.2 Å². The molecule has 0 saturated heterocycles. The van der Waals surface area contributed by atoms with Crippen molar-refractivity contribution in [3.8, 4) is 73.3 Å². The van der Waals surface area contributed by atoms with E-state index in [1.807, 2.05) is 32.0 Å². The topological polar surface area (TPSA) is 47.9 Å². The van der Waals surface area contributed by atoms with Gasteiger partial charge in [-0.1, -0.05) is 202 Å². The van der Waals surface area contributed by atoms with Crippen LogP contribution in [0.15, 0.2) is 218 Å². The molecule has 0 bridgehead atoms. The fraction of sp³-hybridized carbons (Fsp3) is 0.117. The van der Waals surface area contributed by atoms with Crippen LogP contribution in [0.1, 0.15) is 49.3 Å². The highest BCUT2D eigenvalue weighted by Crippen LogP contribution is 2.62. The fourth-order valence-corrected chi connectivity index (χ4v) is 10.1. The van der Waals surface area contributed by atoms with Gasteiger partial charge in [-0.3, -0.25) is 0 Å². The molecule has 12 rings (SSSR count). The summed E-state index contributed by atoms with van der Waals surface area (Å²) in [7, 11) is 0. The molecule has 1 aromatic heterocycles. The van der Waals surface area contributed by atoms with E-state index in [9.17, 15) is 0 Å². The molecule has 0 fully saturated rings. The minimum Gasteiger partial charge on any atom is -0.477 e. The van der Waals surface area contributed by atoms with Crippen molar-refractivity contribution in [2.45, 2.75) is 38.2 Å². The summed E-state index contributed by atoms with van der Waals surface area (Å²) in [6.45, 7) is 4.00. The number of nitrogens with zero attached hydrogens (tertiary/aromatic N) is 3. The van der Waals surface area contributed by atoms with E-state index in [0.717, 1.165) is 63.1 Å². The number of aromatic nitrogens is 3. The van der Waals surface area contributed by atoms with Gasteiger partial charge in [0.15, 0.2) is 23.1 Å². The predicted octanol–water partition coefficient (Wildman–Crippen LogP) is 15.1. The van der Waals surface area contributed by atoms with Crippen LogP contribution in [0.3, 0.4) is 0 Å². The van der Waals surface area contributed by atoms with Gasteiger partial charge in [0.2, 0.25) is 0 Å². The van der Waals surface area contributed by atoms with Crippen molar-refractivity contribution in [1.29, 1.82) is 0 Å². The summed E-state index contributed by atoms with van der Waals surface area (Å²) in [6.07, 6.45) is 15.8. The molecule has 0 N–H and O–H groups in total. The van der Waals surface area contributed by atoms with E-state index in [4.69, 9.17) is 19.7 Å². The molecular formula is C60H47N3O. The molecule has 4 nitrogen and oxygen atoms in total. The summed E-state index contributed by atoms with van der Waals surface area (Å²) < 4.78 is 7.30. The SMILES string of the molecule is C1=CC2c3cc(-c4ccc(-c5nc(-c6ccccc6)nc(-c6cc(-c7ccccc7)cc(-c7ccccc7)c6)n5)cc4)ccc3C3(Oc4ccccc4C4=C3CCC=C4)C2C=C1.CC. The molecule has 4 aliphatic rings. The van der Waals surface area contributed by atoms with E-state index in [2.05, 4.69) is 194 Å². The average molecular weight is 826 g/mol. The second kappa shape index (κ2) is 16.5. The molecule has 7 aromatic carbocycles. The Balaban J connectivity index is 0.00000225. The molecule has 1 spiro atoms. The second-order valence-electron chi connectivity index (χ2n) is 16.6. The smallest absolute Gasteiger partial charge is 0.164 e. The van der Waals surface area contributed by atoms with Crippen LogP contribution in [0.5, 0.6) is 5.75 Å². The maximum atomic E-state index is 7.30. The minimum absolute atomic E-state index is 0.166. The Labute approximate surface area is 375 Å². The van der Waals surface area contributed by atoms with E-state index in [-0.39, 0.29) is 11.8 Å². The lowest BCUT2D eigenvalue weighted by Gasteiger charge is -2.45. The van der Waals surface area contributed by atoms with Gasteiger partial charge in [0, 0.05) is 39.7 Å². The van der Waals surface area contributed by atoms with Crippen molar-refractivity contribution in [3.05, 3.63) is 235 Å². The number of hydrogen-bond acceptors (Lipinski definition) is 4. The first kappa shape index (κ1) is 39.2. The number of rotatable bonds is 6. The molecule has 64 heavy (non-hydrogen) atoms. The predicted molar refractivity (Wildman–Crippen MR) is 262 cm³/mol. The van der Waals surface area contributed by atoms with Gasteiger partial charge in [-0.2, -0.15) is 0 Å². The first-order chi connectivity index (χ1) is 31.7. The lowest BCUT2D eigenvalue weighted by molar-refractivity contribution is 0.0620. The minimum atomic E-state index is -0.548. The van der Waals surface area contributed by atoms with Gasteiger partial charge in [0.25, 0.3) is 0 Å². The highest BCUT2D eigenvalue weighted by molar-refractivity contribution is 5.86. The standard InChI is InChI=1S/C58H41N3O.C2H6/c1-4-16-38(17-5-1)44-34-45(39-18-6-2-7-19-39)36-46(35-44)57-60-55(41-20-8-3-9-21-41)59-56(61-57)42-30-28-40(29-31-42)43-32-33-53-50(37-43)48-23-11-14-26-52(48)58(53)51-25-13-10-22-47(51)49-24-12-15-27-54(49)62-58;1-2/h1-12,14-24,26-37,48,52H,13,25H2;1-2H3. The molecule has 4 heteroatoms. The zero-order valence-electron chi connectivity index (χ0n) is 36.0. The number of para-hydroxylation sites is 1. The van der Waals surface area contributed by atoms with Crippen molar-refractivity contribution in [3.63, 3.8) is 0 Å². The van der Waals surface area contributed by atoms with Gasteiger partial charge >= 0.3 is 0 Å². The lowest BCUT2D eigenvalue weighted by Crippen LogP contribution is -2.43. The molecule has 3 atom stereocenters. The number of hydrogen-bond donors (Lipinski definition) is 0. The van der Waals surface area contributed by atoms with Gasteiger partial charge in [-0.15, -0.1) is 0 Å². The third kappa shape index (κ3) is 6.74. The van der Waals surface area contributed by atoms with Crippen molar-refractivity contribution in [1.82, 2.24) is 15.0 Å². The molecule has 0 saturated carbocycles. The third-order valence-corrected chi connectivity index (χ3v) is 13.0. The Bertz CT molecular complexity index is 3090. The molecule has 0 radical (unpaired) electrons. The van der Waals surface area contributed by atoms with Gasteiger partial charge in [-0.25, -0.2) is 15.0 Å². The Morgan fingerprint density at radius 3 is 1.67 bits per heavy atom. The number of ether oxygens (including phenoxy) is 1. The molecule has 2 heterocycles. The fourth-order valence-electron chi connectivity index (χ4n) is 10.1. The summed E-state index contributed by atoms with van der Waals surface area (Å²) in [5, 5.41) is 0. The Morgan fingerprint density at radius 1 is 0.484 bits per heavy atom. The van der Waals surface area contributed by atoms with Crippen molar-refractivity contribution in [2.24, 2.45) is 5.92 Å². The average Bonchev–Trinajstić information content (AvgIpc) is 3.66. The van der Waals surface area contributed by atoms with Crippen LogP contribution in [-0.4, -0.2) is 15.0 Å². The Morgan fingerprint density at radius 2 is 1.00 bits per heavy atom. The monoisotopic (exact) mass is 825 g/mol. The van der Waals surface area contributed by atoms with E-state index in [1.165, 1.54) is 33.4 Å². The number of allylic oxidation sites excluding steroid dienone is 6. The first-order valence-corrected chi connectivity index (χ1v) is 22.6. The second-order valence-corrected chi connectivity index (χ2v) is 16.6. The van der Waals surface area contributed by atoms with E-state index in [1.54, 1.807) is 0 Å². The summed E-state index contributed by atoms with van der Waals surface area (Å²) in [5.41, 5.74) is 15.6. The summed E-state index contributed by atoms with van der Waals surface area (Å²) in [5.74, 6) is 3.23. The molecule has 8 aromatic rings. The molecule has 3 aliphatic carbocycles. The quantitative estimate of drug-likeness (QED) is 0.168. The summed E-state index contributed by atoms with van der Waals surface area (Å²) >= 11 is 0. The van der Waals surface area contributed by atoms with Crippen molar-refractivity contribution >= 4 is 5.57 Å². The van der Waals surface area contributed by atoms with Crippen LogP contribution in [-0.2, 0) is 5.60 Å². The molecule has 0 amide bonds. The van der Waals surface area contributed by atoms with Gasteiger partial charge in [0.05, 0.1) is 0 Å². The normalized spacial score (nSPS) is 18.6. The Hall–Kier alpha value is -7.69. The molecular weight excluding hydrogens is 779 g/mol. The van der Waals surface area contributed by atoms with Crippen LogP contribution >= 0.6 is 0 Å². The highest BCUT2D eigenvalue weighted by atomic mass is 16.5. The lowest BCUT2D eigenvalue weighted by atomic mass is 9.70. The van der Waals surface area contributed by atoms with E-state index < -0.39 is 5.60 Å². The van der Waals surface area contributed by atoms with Crippen LogP contribution in [0, 0.1) is 5.92 Å². The number of fused-ring (bicyclic) bond motifs is 8. The largest absolute Gasteiger partial charge is 0.477 e. The first-order valence-electron chi connectivity index (χ1n) is 22.6. The van der Waals surface area contributed by atoms with Crippen LogP contribution in [0.2, 0.25) is 0 Å². The van der Waals surface area contributed by atoms with Crippen molar-refractivity contribution < 1.29 is 4.74 Å². The van der Waals surface area contributed by atoms with Gasteiger partial charge < -0.3 is 4.74 Å². The van der Waals surface area contributed by atoms with E-state index in [0.29, 0.717) is 17.5 Å². The van der Waals surface area contributed by atoms with E-state index >= 15 is 0 Å². The van der Waals surface area contributed by atoms with Crippen LogP contribution in [0.25, 0.3) is 73.1 Å². The summed E-state index contributed by atoms with van der Waals surface area (Å²) in [4.78, 5) is 15.4. The highest BCUT2D eigenvalue weighted by Gasteiger charge is 2.57. The maximum absolute atomic E-state index is 7.30. The number of benzene rings is 7. The van der Waals surface area contributed by atoms with Gasteiger partial charge in [0.1, 0.15) is 5.75 Å². The third-order valence-electron chi connectivity index (χ3n) is 13.0. The molecule has 1 aliphatic heterocycles. The van der Waals surface area contributed by atoms with Crippen LogP contribution < -0.4 is 4.74 Å². The van der Waals surface area contributed by atoms with Crippen LogP contribution in [0.4, 0.5) is 0 Å². The molecule has 3 unspecified atom stereocenters. The zero-order valence-corrected chi connectivity index (χ0v) is 36.0. The zero-order chi connectivity index (χ0) is 43.0.